The fourth-order valence-corrected chi connectivity index (χ4v) is 11.3. The summed E-state index contributed by atoms with van der Waals surface area (Å²) in [5, 5.41) is 10.5. The summed E-state index contributed by atoms with van der Waals surface area (Å²) in [5.74, 6) is 0.817. The molecule has 0 fully saturated rings. The van der Waals surface area contributed by atoms with E-state index >= 15 is 0 Å². The van der Waals surface area contributed by atoms with Crippen LogP contribution in [0.2, 0.25) is 0 Å². The third-order valence-electron chi connectivity index (χ3n) is 15.8. The van der Waals surface area contributed by atoms with Crippen molar-refractivity contribution in [1.29, 1.82) is 0 Å². The van der Waals surface area contributed by atoms with Crippen LogP contribution in [0, 0.1) is 23.7 Å². The van der Waals surface area contributed by atoms with Gasteiger partial charge < -0.3 is 33.8 Å². The molecule has 0 radical (unpaired) electrons. The van der Waals surface area contributed by atoms with E-state index in [9.17, 15) is 43.2 Å². The summed E-state index contributed by atoms with van der Waals surface area (Å²) >= 11 is 0. The highest BCUT2D eigenvalue weighted by atomic mass is 31.2. The van der Waals surface area contributed by atoms with Gasteiger partial charge in [-0.15, -0.1) is 0 Å². The van der Waals surface area contributed by atoms with Gasteiger partial charge in [0, 0.05) is 25.7 Å². The third kappa shape index (κ3) is 58.2. The van der Waals surface area contributed by atoms with Gasteiger partial charge in [0.15, 0.2) is 12.2 Å². The summed E-state index contributed by atoms with van der Waals surface area (Å²) in [6.07, 6.45) is 36.3. The minimum atomic E-state index is -4.95. The topological polar surface area (TPSA) is 237 Å². The molecule has 85 heavy (non-hydrogen) atoms. The Balaban J connectivity index is 5.26. The number of unbranched alkanes of at least 4 members (excludes halogenated alkanes) is 27. The first kappa shape index (κ1) is 83.1. The summed E-state index contributed by atoms with van der Waals surface area (Å²) in [4.78, 5) is 72.3. The Morgan fingerprint density at radius 3 is 0.835 bits per heavy atom. The van der Waals surface area contributed by atoms with Crippen LogP contribution in [0.25, 0.3) is 0 Å². The van der Waals surface area contributed by atoms with Crippen molar-refractivity contribution in [3.05, 3.63) is 0 Å². The minimum absolute atomic E-state index is 0.102. The second kappa shape index (κ2) is 56.1. The molecule has 4 unspecified atom stereocenters. The van der Waals surface area contributed by atoms with Crippen LogP contribution in [-0.2, 0) is 65.4 Å². The van der Waals surface area contributed by atoms with Crippen LogP contribution >= 0.6 is 15.6 Å². The summed E-state index contributed by atoms with van der Waals surface area (Å²) < 4.78 is 68.1. The molecule has 0 amide bonds. The Morgan fingerprint density at radius 2 is 0.565 bits per heavy atom. The lowest BCUT2D eigenvalue weighted by atomic mass is 9.99. The van der Waals surface area contributed by atoms with Crippen LogP contribution in [0.3, 0.4) is 0 Å². The van der Waals surface area contributed by atoms with Gasteiger partial charge in [-0.25, -0.2) is 9.13 Å². The molecular formula is C66H128O17P2. The number of aliphatic hydroxyl groups is 1. The second-order valence-electron chi connectivity index (χ2n) is 25.3. The normalized spacial score (nSPS) is 15.0. The van der Waals surface area contributed by atoms with Gasteiger partial charge in [-0.3, -0.25) is 37.3 Å². The van der Waals surface area contributed by atoms with Crippen molar-refractivity contribution in [3.8, 4) is 0 Å². The van der Waals surface area contributed by atoms with E-state index in [2.05, 4.69) is 55.4 Å². The number of ether oxygens (including phenoxy) is 4. The van der Waals surface area contributed by atoms with Gasteiger partial charge in [0.05, 0.1) is 26.4 Å². The van der Waals surface area contributed by atoms with Crippen molar-refractivity contribution in [2.24, 2.45) is 23.7 Å². The highest BCUT2D eigenvalue weighted by molar-refractivity contribution is 7.47. The zero-order chi connectivity index (χ0) is 63.2. The van der Waals surface area contributed by atoms with Gasteiger partial charge in [-0.2, -0.15) is 0 Å². The molecule has 0 saturated carbocycles. The summed E-state index contributed by atoms with van der Waals surface area (Å²) in [7, 11) is -9.89. The second-order valence-corrected chi connectivity index (χ2v) is 28.2. The van der Waals surface area contributed by atoms with Crippen LogP contribution in [0.5, 0.6) is 0 Å². The van der Waals surface area contributed by atoms with Gasteiger partial charge in [-0.05, 0) is 49.4 Å². The number of rotatable bonds is 63. The average molecular weight is 1260 g/mol. The van der Waals surface area contributed by atoms with E-state index < -0.39 is 97.5 Å². The smallest absolute Gasteiger partial charge is 0.462 e. The van der Waals surface area contributed by atoms with Crippen molar-refractivity contribution >= 4 is 39.5 Å². The highest BCUT2D eigenvalue weighted by Crippen LogP contribution is 2.45. The summed E-state index contributed by atoms with van der Waals surface area (Å²) in [5.41, 5.74) is 0. The first-order valence-corrected chi connectivity index (χ1v) is 37.3. The Labute approximate surface area is 517 Å². The maximum atomic E-state index is 13.0. The molecule has 0 aliphatic heterocycles. The van der Waals surface area contributed by atoms with E-state index in [0.717, 1.165) is 114 Å². The van der Waals surface area contributed by atoms with Crippen molar-refractivity contribution in [3.63, 3.8) is 0 Å². The number of aliphatic hydroxyl groups excluding tert-OH is 1. The number of phosphoric ester groups is 2. The van der Waals surface area contributed by atoms with Crippen LogP contribution < -0.4 is 0 Å². The third-order valence-corrected chi connectivity index (χ3v) is 17.7. The van der Waals surface area contributed by atoms with E-state index in [0.29, 0.717) is 31.6 Å². The van der Waals surface area contributed by atoms with Crippen molar-refractivity contribution in [1.82, 2.24) is 0 Å². The number of hydrogen-bond donors (Lipinski definition) is 3. The lowest BCUT2D eigenvalue weighted by Gasteiger charge is -2.21. The Hall–Kier alpha value is -1.94. The number of phosphoric acid groups is 2. The lowest BCUT2D eigenvalue weighted by molar-refractivity contribution is -0.161. The molecule has 0 aromatic heterocycles. The molecule has 0 aromatic carbocycles. The molecule has 0 spiro atoms. The van der Waals surface area contributed by atoms with E-state index in [1.807, 2.05) is 0 Å². The molecule has 0 aliphatic carbocycles. The van der Waals surface area contributed by atoms with Gasteiger partial charge in [0.1, 0.15) is 19.3 Å². The fraction of sp³-hybridized carbons (Fsp3) is 0.939. The number of hydrogen-bond acceptors (Lipinski definition) is 15. The first-order valence-electron chi connectivity index (χ1n) is 34.3. The number of esters is 4. The maximum absolute atomic E-state index is 13.0. The van der Waals surface area contributed by atoms with Gasteiger partial charge in [0.2, 0.25) is 0 Å². The molecular weight excluding hydrogens is 1130 g/mol. The van der Waals surface area contributed by atoms with E-state index in [4.69, 9.17) is 37.0 Å². The van der Waals surface area contributed by atoms with Crippen LogP contribution in [0.4, 0.5) is 0 Å². The lowest BCUT2D eigenvalue weighted by Crippen LogP contribution is -2.30. The molecule has 3 N–H and O–H groups in total. The minimum Gasteiger partial charge on any atom is -0.462 e. The monoisotopic (exact) mass is 1250 g/mol. The molecule has 0 saturated heterocycles. The average Bonchev–Trinajstić information content (AvgIpc) is 3.46. The quantitative estimate of drug-likeness (QED) is 0.0222. The predicted molar refractivity (Wildman–Crippen MR) is 340 cm³/mol. The van der Waals surface area contributed by atoms with Crippen LogP contribution in [0.15, 0.2) is 0 Å². The number of carbonyl (C=O) groups is 4. The Morgan fingerprint density at radius 1 is 0.329 bits per heavy atom. The SMILES string of the molecule is CCC(C)CCCCCCCCCCCCC(=O)O[C@H](COC(=O)CCCCCCCCC(C)CC)COP(=O)(O)OC[C@H](O)COP(=O)(O)OC[C@@H](COC(=O)CCCCCCCCCCC(C)C)OC(=O)CCCCCCCCCC(C)C. The van der Waals surface area contributed by atoms with Crippen LogP contribution in [-0.4, -0.2) is 96.7 Å². The molecule has 0 rings (SSSR count). The fourth-order valence-electron chi connectivity index (χ4n) is 9.72. The Kier molecular flexibility index (Phi) is 54.8. The van der Waals surface area contributed by atoms with E-state index in [-0.39, 0.29) is 25.7 Å². The summed E-state index contributed by atoms with van der Waals surface area (Å²) in [6, 6.07) is 0. The molecule has 17 nitrogen and oxygen atoms in total. The van der Waals surface area contributed by atoms with E-state index in [1.165, 1.54) is 116 Å². The van der Waals surface area contributed by atoms with Gasteiger partial charge in [0.25, 0.3) is 0 Å². The van der Waals surface area contributed by atoms with Gasteiger partial charge in [-0.1, -0.05) is 267 Å². The molecule has 504 valence electrons. The molecule has 0 heterocycles. The molecule has 0 aromatic rings. The highest BCUT2D eigenvalue weighted by Gasteiger charge is 2.30. The molecule has 7 atom stereocenters. The zero-order valence-electron chi connectivity index (χ0n) is 55.2. The summed E-state index contributed by atoms with van der Waals surface area (Å²) in [6.45, 7) is 14.0. The Bertz CT molecular complexity index is 1700. The standard InChI is InChI=1S/C66H128O17P2/c1-9-58(7)44-36-28-20-13-11-12-14-22-32-40-48-65(70)82-62(53-77-64(69)47-39-31-25-24-29-37-45-59(8)10-2)55-81-85(74,75)79-51-60(67)50-78-84(72,73)80-54-61(83-66(71)49-41-33-23-17-19-27-35-43-57(5)6)52-76-63(68)46-38-30-21-16-15-18-26-34-42-56(3)4/h56-62,67H,9-55H2,1-8H3,(H,72,73)(H,74,75)/t58?,59?,60-,61-,62-/m1/s1. The van der Waals surface area contributed by atoms with Crippen LogP contribution in [0.1, 0.15) is 319 Å². The van der Waals surface area contributed by atoms with Crippen molar-refractivity contribution in [2.75, 3.05) is 39.6 Å². The predicted octanol–water partition coefficient (Wildman–Crippen LogP) is 18.1. The molecule has 19 heteroatoms. The van der Waals surface area contributed by atoms with Crippen molar-refractivity contribution in [2.45, 2.75) is 337 Å². The molecule has 0 bridgehead atoms. The molecule has 0 aliphatic rings. The number of carbonyl (C=O) groups excluding carboxylic acids is 4. The largest absolute Gasteiger partial charge is 0.472 e. The van der Waals surface area contributed by atoms with E-state index in [1.54, 1.807) is 0 Å². The van der Waals surface area contributed by atoms with Gasteiger partial charge >= 0.3 is 39.5 Å². The maximum Gasteiger partial charge on any atom is 0.472 e. The first-order chi connectivity index (χ1) is 40.7. The zero-order valence-corrected chi connectivity index (χ0v) is 57.0. The van der Waals surface area contributed by atoms with Crippen molar-refractivity contribution < 1.29 is 80.2 Å².